The molecule has 1 aromatic heterocycles. The topological polar surface area (TPSA) is 79.3 Å². The van der Waals surface area contributed by atoms with Crippen LogP contribution in [0, 0.1) is 0 Å². The maximum Gasteiger partial charge on any atom is 0.335 e. The second-order valence-corrected chi connectivity index (χ2v) is 4.43. The van der Waals surface area contributed by atoms with E-state index >= 15 is 0 Å². The average molecular weight is 264 g/mol. The van der Waals surface area contributed by atoms with Crippen LogP contribution < -0.4 is 5.32 Å². The van der Waals surface area contributed by atoms with Crippen molar-refractivity contribution in [2.24, 2.45) is 0 Å². The minimum absolute atomic E-state index is 0.0152. The molecule has 5 nitrogen and oxygen atoms in total. The molecule has 0 saturated heterocycles. The Bertz CT molecular complexity index is 432. The summed E-state index contributed by atoms with van der Waals surface area (Å²) >= 11 is 0. The van der Waals surface area contributed by atoms with E-state index in [9.17, 15) is 9.59 Å². The molecule has 0 aliphatic carbocycles. The van der Waals surface area contributed by atoms with Crippen molar-refractivity contribution >= 4 is 11.9 Å². The van der Waals surface area contributed by atoms with E-state index in [1.165, 1.54) is 18.3 Å². The number of carboxylic acid groups (broad SMARTS) is 1. The zero-order chi connectivity index (χ0) is 14.1. The minimum Gasteiger partial charge on any atom is -0.478 e. The van der Waals surface area contributed by atoms with Crippen LogP contribution in [0.4, 0.5) is 0 Å². The Morgan fingerprint density at radius 1 is 1.32 bits per heavy atom. The molecular weight excluding hydrogens is 244 g/mol. The van der Waals surface area contributed by atoms with E-state index < -0.39 is 5.97 Å². The van der Waals surface area contributed by atoms with Crippen molar-refractivity contribution in [1.82, 2.24) is 10.3 Å². The molecule has 104 valence electrons. The second kappa shape index (κ2) is 8.24. The highest BCUT2D eigenvalue weighted by Gasteiger charge is 2.05. The van der Waals surface area contributed by atoms with Crippen LogP contribution in [0.1, 0.15) is 55.1 Å². The number of amides is 1. The van der Waals surface area contributed by atoms with Crippen LogP contribution in [0.5, 0.6) is 0 Å². The van der Waals surface area contributed by atoms with E-state index in [2.05, 4.69) is 17.2 Å². The molecule has 0 aliphatic rings. The van der Waals surface area contributed by atoms with E-state index in [0.717, 1.165) is 25.7 Å². The lowest BCUT2D eigenvalue weighted by Gasteiger charge is -2.05. The number of hydrogen-bond donors (Lipinski definition) is 2. The first-order chi connectivity index (χ1) is 9.13. The van der Waals surface area contributed by atoms with Crippen molar-refractivity contribution in [2.45, 2.75) is 45.6 Å². The number of carboxylic acids is 1. The number of aromatic nitrogens is 1. The molecular formula is C14H20N2O3. The van der Waals surface area contributed by atoms with Crippen molar-refractivity contribution in [3.63, 3.8) is 0 Å². The average Bonchev–Trinajstić information content (AvgIpc) is 2.41. The highest BCUT2D eigenvalue weighted by Crippen LogP contribution is 2.04. The molecule has 0 spiro atoms. The van der Waals surface area contributed by atoms with Gasteiger partial charge in [0, 0.05) is 12.6 Å². The van der Waals surface area contributed by atoms with Gasteiger partial charge in [-0.25, -0.2) is 4.79 Å². The molecule has 19 heavy (non-hydrogen) atoms. The van der Waals surface area contributed by atoms with Gasteiger partial charge in [-0.1, -0.05) is 26.2 Å². The van der Waals surface area contributed by atoms with Crippen molar-refractivity contribution < 1.29 is 14.7 Å². The fraction of sp³-hybridized carbons (Fsp3) is 0.500. The Morgan fingerprint density at radius 2 is 2.11 bits per heavy atom. The maximum absolute atomic E-state index is 11.5. The lowest BCUT2D eigenvalue weighted by Crippen LogP contribution is -2.23. The van der Waals surface area contributed by atoms with Crippen LogP contribution in [0.3, 0.4) is 0 Å². The number of pyridine rings is 1. The van der Waals surface area contributed by atoms with E-state index in [-0.39, 0.29) is 18.0 Å². The summed E-state index contributed by atoms with van der Waals surface area (Å²) in [4.78, 5) is 26.3. The second-order valence-electron chi connectivity index (χ2n) is 4.43. The van der Waals surface area contributed by atoms with Gasteiger partial charge in [0.2, 0.25) is 5.91 Å². The molecule has 0 saturated carbocycles. The summed E-state index contributed by atoms with van der Waals surface area (Å²) < 4.78 is 0. The molecule has 0 radical (unpaired) electrons. The Kier molecular flexibility index (Phi) is 6.57. The summed E-state index contributed by atoms with van der Waals surface area (Å²) in [5, 5.41) is 11.6. The molecule has 0 unspecified atom stereocenters. The van der Waals surface area contributed by atoms with Crippen molar-refractivity contribution in [1.29, 1.82) is 0 Å². The zero-order valence-electron chi connectivity index (χ0n) is 11.2. The van der Waals surface area contributed by atoms with Crippen molar-refractivity contribution in [2.75, 3.05) is 0 Å². The number of nitrogens with zero attached hydrogens (tertiary/aromatic N) is 1. The Morgan fingerprint density at radius 3 is 2.79 bits per heavy atom. The van der Waals surface area contributed by atoms with Gasteiger partial charge in [-0.2, -0.15) is 0 Å². The summed E-state index contributed by atoms with van der Waals surface area (Å²) in [5.41, 5.74) is 0.740. The molecule has 2 N–H and O–H groups in total. The maximum atomic E-state index is 11.5. The smallest absolute Gasteiger partial charge is 0.335 e. The van der Waals surface area contributed by atoms with E-state index in [1.54, 1.807) is 0 Å². The summed E-state index contributed by atoms with van der Waals surface area (Å²) in [6.45, 7) is 2.40. The first-order valence-electron chi connectivity index (χ1n) is 6.58. The number of aromatic carboxylic acids is 1. The largest absolute Gasteiger partial charge is 0.478 e. The number of rotatable bonds is 8. The van der Waals surface area contributed by atoms with Gasteiger partial charge in [-0.15, -0.1) is 0 Å². The van der Waals surface area contributed by atoms with Gasteiger partial charge >= 0.3 is 5.97 Å². The van der Waals surface area contributed by atoms with Gasteiger partial charge in [0.05, 0.1) is 17.8 Å². The third-order valence-electron chi connectivity index (χ3n) is 2.79. The quantitative estimate of drug-likeness (QED) is 0.706. The fourth-order valence-corrected chi connectivity index (χ4v) is 1.70. The first kappa shape index (κ1) is 15.1. The van der Waals surface area contributed by atoms with Gasteiger partial charge in [0.25, 0.3) is 0 Å². The summed E-state index contributed by atoms with van der Waals surface area (Å²) in [7, 11) is 0. The van der Waals surface area contributed by atoms with Gasteiger partial charge in [-0.05, 0) is 18.6 Å². The van der Waals surface area contributed by atoms with E-state index in [0.29, 0.717) is 12.1 Å². The zero-order valence-corrected chi connectivity index (χ0v) is 11.2. The highest BCUT2D eigenvalue weighted by atomic mass is 16.4. The lowest BCUT2D eigenvalue weighted by molar-refractivity contribution is -0.121. The summed E-state index contributed by atoms with van der Waals surface area (Å²) in [6.07, 6.45) is 6.20. The monoisotopic (exact) mass is 264 g/mol. The van der Waals surface area contributed by atoms with Gasteiger partial charge in [-0.3, -0.25) is 9.78 Å². The molecule has 5 heteroatoms. The molecule has 1 rings (SSSR count). The van der Waals surface area contributed by atoms with Gasteiger partial charge < -0.3 is 10.4 Å². The molecule has 0 aliphatic heterocycles. The van der Waals surface area contributed by atoms with E-state index in [1.807, 2.05) is 0 Å². The fourth-order valence-electron chi connectivity index (χ4n) is 1.70. The number of hydrogen-bond acceptors (Lipinski definition) is 3. The summed E-state index contributed by atoms with van der Waals surface area (Å²) in [5.74, 6) is -1.01. The minimum atomic E-state index is -0.991. The van der Waals surface area contributed by atoms with Crippen molar-refractivity contribution in [3.8, 4) is 0 Å². The predicted molar refractivity (Wildman–Crippen MR) is 71.8 cm³/mol. The molecule has 1 amide bonds. The van der Waals surface area contributed by atoms with Gasteiger partial charge in [0.15, 0.2) is 0 Å². The van der Waals surface area contributed by atoms with Crippen LogP contribution in [0.2, 0.25) is 0 Å². The van der Waals surface area contributed by atoms with Gasteiger partial charge in [0.1, 0.15) is 0 Å². The molecule has 0 aromatic carbocycles. The third kappa shape index (κ3) is 5.99. The molecule has 0 bridgehead atoms. The molecule has 0 atom stereocenters. The number of carbonyl (C=O) groups excluding carboxylic acids is 1. The van der Waals surface area contributed by atoms with Crippen LogP contribution in [0.15, 0.2) is 18.3 Å². The Hall–Kier alpha value is -1.91. The highest BCUT2D eigenvalue weighted by molar-refractivity contribution is 5.87. The first-order valence-corrected chi connectivity index (χ1v) is 6.58. The SMILES string of the molecule is CCCCCCC(=O)NCc1cc(C(=O)O)ccn1. The Labute approximate surface area is 113 Å². The van der Waals surface area contributed by atoms with Crippen LogP contribution in [-0.4, -0.2) is 22.0 Å². The number of carbonyl (C=O) groups is 2. The van der Waals surface area contributed by atoms with Crippen LogP contribution >= 0.6 is 0 Å². The number of unbranched alkanes of at least 4 members (excludes halogenated alkanes) is 3. The molecule has 1 aromatic rings. The van der Waals surface area contributed by atoms with Crippen LogP contribution in [-0.2, 0) is 11.3 Å². The third-order valence-corrected chi connectivity index (χ3v) is 2.79. The molecule has 1 heterocycles. The van der Waals surface area contributed by atoms with E-state index in [4.69, 9.17) is 5.11 Å². The predicted octanol–water partition coefficient (Wildman–Crippen LogP) is 2.37. The number of nitrogens with one attached hydrogen (secondary N) is 1. The molecule has 0 fully saturated rings. The standard InChI is InChI=1S/C14H20N2O3/c1-2-3-4-5-6-13(17)16-10-12-9-11(14(18)19)7-8-15-12/h7-9H,2-6,10H2,1H3,(H,16,17)(H,18,19). The normalized spacial score (nSPS) is 10.2. The lowest BCUT2D eigenvalue weighted by atomic mass is 10.1. The Balaban J connectivity index is 2.33. The van der Waals surface area contributed by atoms with Crippen LogP contribution in [0.25, 0.3) is 0 Å². The van der Waals surface area contributed by atoms with Crippen molar-refractivity contribution in [3.05, 3.63) is 29.6 Å². The summed E-state index contributed by atoms with van der Waals surface area (Å²) in [6, 6.07) is 2.90.